The second kappa shape index (κ2) is 7.75. The van der Waals surface area contributed by atoms with E-state index < -0.39 is 0 Å². The zero-order valence-electron chi connectivity index (χ0n) is 12.2. The number of hydrogen-bond donors (Lipinski definition) is 1. The Morgan fingerprint density at radius 3 is 3.10 bits per heavy atom. The van der Waals surface area contributed by atoms with E-state index in [2.05, 4.69) is 32.9 Å². The number of nitrogens with zero attached hydrogens (tertiary/aromatic N) is 2. The van der Waals surface area contributed by atoms with Gasteiger partial charge in [0.25, 0.3) is 0 Å². The lowest BCUT2D eigenvalue weighted by Crippen LogP contribution is -2.42. The number of rotatable bonds is 5. The molecule has 1 aromatic carbocycles. The number of amidine groups is 1. The third-order valence-corrected chi connectivity index (χ3v) is 4.49. The van der Waals surface area contributed by atoms with Crippen molar-refractivity contribution in [2.45, 2.75) is 38.8 Å². The number of hydrogen-bond acceptors (Lipinski definition) is 3. The fourth-order valence-corrected chi connectivity index (χ4v) is 2.83. The SMILES string of the molecule is CC1CCCCN1CC(N)=NOCc1cc(F)ccc1Br. The van der Waals surface area contributed by atoms with Gasteiger partial charge in [-0.25, -0.2) is 4.39 Å². The van der Waals surface area contributed by atoms with Gasteiger partial charge in [-0.05, 0) is 44.5 Å². The number of oxime groups is 1. The van der Waals surface area contributed by atoms with Crippen LogP contribution in [-0.4, -0.2) is 29.9 Å². The molecule has 0 spiro atoms. The Kier molecular flexibility index (Phi) is 5.99. The topological polar surface area (TPSA) is 50.8 Å². The molecule has 0 aliphatic carbocycles. The predicted molar refractivity (Wildman–Crippen MR) is 85.4 cm³/mol. The van der Waals surface area contributed by atoms with Gasteiger partial charge >= 0.3 is 0 Å². The summed E-state index contributed by atoms with van der Waals surface area (Å²) in [6.07, 6.45) is 3.68. The van der Waals surface area contributed by atoms with Crippen LogP contribution in [0, 0.1) is 5.82 Å². The van der Waals surface area contributed by atoms with Crippen molar-refractivity contribution in [2.24, 2.45) is 10.9 Å². The van der Waals surface area contributed by atoms with E-state index in [9.17, 15) is 4.39 Å². The van der Waals surface area contributed by atoms with Crippen molar-refractivity contribution in [3.8, 4) is 0 Å². The van der Waals surface area contributed by atoms with E-state index in [1.165, 1.54) is 31.4 Å². The largest absolute Gasteiger partial charge is 0.389 e. The first kappa shape index (κ1) is 16.2. The van der Waals surface area contributed by atoms with Gasteiger partial charge < -0.3 is 10.6 Å². The van der Waals surface area contributed by atoms with Crippen molar-refractivity contribution < 1.29 is 9.23 Å². The third-order valence-electron chi connectivity index (χ3n) is 3.72. The lowest BCUT2D eigenvalue weighted by molar-refractivity contribution is 0.125. The zero-order chi connectivity index (χ0) is 15.2. The molecular formula is C15H21BrFN3O. The Balaban J connectivity index is 1.84. The van der Waals surface area contributed by atoms with Gasteiger partial charge in [0.15, 0.2) is 5.84 Å². The molecule has 1 fully saturated rings. The van der Waals surface area contributed by atoms with E-state index in [0.717, 1.165) is 11.0 Å². The summed E-state index contributed by atoms with van der Waals surface area (Å²) in [7, 11) is 0. The van der Waals surface area contributed by atoms with Crippen LogP contribution in [0.25, 0.3) is 0 Å². The number of likely N-dealkylation sites (tertiary alicyclic amines) is 1. The fourth-order valence-electron chi connectivity index (χ4n) is 2.47. The summed E-state index contributed by atoms with van der Waals surface area (Å²) in [5.74, 6) is 0.159. The van der Waals surface area contributed by atoms with E-state index in [4.69, 9.17) is 10.6 Å². The molecule has 1 unspecified atom stereocenters. The summed E-state index contributed by atoms with van der Waals surface area (Å²) >= 11 is 3.35. The van der Waals surface area contributed by atoms with Crippen molar-refractivity contribution >= 4 is 21.8 Å². The van der Waals surface area contributed by atoms with Crippen molar-refractivity contribution in [2.75, 3.05) is 13.1 Å². The van der Waals surface area contributed by atoms with Crippen LogP contribution in [0.15, 0.2) is 27.8 Å². The lowest BCUT2D eigenvalue weighted by Gasteiger charge is -2.32. The molecule has 0 bridgehead atoms. The molecule has 4 nitrogen and oxygen atoms in total. The van der Waals surface area contributed by atoms with Gasteiger partial charge in [-0.2, -0.15) is 0 Å². The number of nitrogens with two attached hydrogens (primary N) is 1. The minimum absolute atomic E-state index is 0.189. The molecular weight excluding hydrogens is 337 g/mol. The summed E-state index contributed by atoms with van der Waals surface area (Å²) in [4.78, 5) is 7.54. The van der Waals surface area contributed by atoms with E-state index in [1.807, 2.05) is 0 Å². The average Bonchev–Trinajstić information content (AvgIpc) is 2.45. The van der Waals surface area contributed by atoms with Gasteiger partial charge in [0.1, 0.15) is 12.4 Å². The molecule has 0 saturated carbocycles. The highest BCUT2D eigenvalue weighted by Gasteiger charge is 2.18. The molecule has 0 amide bonds. The molecule has 1 atom stereocenters. The molecule has 1 saturated heterocycles. The first-order chi connectivity index (χ1) is 10.1. The maximum Gasteiger partial charge on any atom is 0.153 e. The minimum Gasteiger partial charge on any atom is -0.389 e. The molecule has 6 heteroatoms. The normalized spacial score (nSPS) is 20.5. The van der Waals surface area contributed by atoms with Crippen LogP contribution in [0.4, 0.5) is 4.39 Å². The predicted octanol–water partition coefficient (Wildman–Crippen LogP) is 3.25. The van der Waals surface area contributed by atoms with E-state index in [1.54, 1.807) is 6.07 Å². The Labute approximate surface area is 133 Å². The summed E-state index contributed by atoms with van der Waals surface area (Å²) < 4.78 is 13.9. The Morgan fingerprint density at radius 1 is 1.52 bits per heavy atom. The van der Waals surface area contributed by atoms with Crippen LogP contribution in [0.5, 0.6) is 0 Å². The number of piperidine rings is 1. The second-order valence-corrected chi connectivity index (χ2v) is 6.26. The molecule has 1 aliphatic heterocycles. The second-order valence-electron chi connectivity index (χ2n) is 5.41. The molecule has 116 valence electrons. The van der Waals surface area contributed by atoms with Gasteiger partial charge in [-0.3, -0.25) is 4.90 Å². The Bertz CT molecular complexity index is 510. The van der Waals surface area contributed by atoms with E-state index in [0.29, 0.717) is 24.0 Å². The Hall–Kier alpha value is -1.14. The maximum atomic E-state index is 13.1. The van der Waals surface area contributed by atoms with Gasteiger partial charge in [0.2, 0.25) is 0 Å². The van der Waals surface area contributed by atoms with Crippen LogP contribution in [-0.2, 0) is 11.4 Å². The van der Waals surface area contributed by atoms with Crippen molar-refractivity contribution in [1.82, 2.24) is 4.90 Å². The highest BCUT2D eigenvalue weighted by molar-refractivity contribution is 9.10. The van der Waals surface area contributed by atoms with E-state index >= 15 is 0 Å². The standard InChI is InChI=1S/C15H21BrFN3O/c1-11-4-2-3-7-20(11)9-15(18)19-21-10-12-8-13(17)5-6-14(12)16/h5-6,8,11H,2-4,7,9-10H2,1H3,(H2,18,19). The van der Waals surface area contributed by atoms with Crippen LogP contribution < -0.4 is 5.73 Å². The molecule has 2 N–H and O–H groups in total. The van der Waals surface area contributed by atoms with Gasteiger partial charge in [0, 0.05) is 16.1 Å². The maximum absolute atomic E-state index is 13.1. The van der Waals surface area contributed by atoms with E-state index in [-0.39, 0.29) is 12.4 Å². The van der Waals surface area contributed by atoms with Crippen LogP contribution in [0.3, 0.4) is 0 Å². The number of benzene rings is 1. The average molecular weight is 358 g/mol. The van der Waals surface area contributed by atoms with Gasteiger partial charge in [0.05, 0.1) is 6.54 Å². The minimum atomic E-state index is -0.295. The van der Waals surface area contributed by atoms with Crippen molar-refractivity contribution in [1.29, 1.82) is 0 Å². The van der Waals surface area contributed by atoms with Crippen molar-refractivity contribution in [3.63, 3.8) is 0 Å². The highest BCUT2D eigenvalue weighted by Crippen LogP contribution is 2.19. The summed E-state index contributed by atoms with van der Waals surface area (Å²) in [6.45, 7) is 4.06. The molecule has 0 radical (unpaired) electrons. The first-order valence-corrected chi connectivity index (χ1v) is 7.98. The number of halogens is 2. The van der Waals surface area contributed by atoms with Crippen LogP contribution >= 0.6 is 15.9 Å². The van der Waals surface area contributed by atoms with Gasteiger partial charge in [-0.15, -0.1) is 0 Å². The van der Waals surface area contributed by atoms with Gasteiger partial charge in [-0.1, -0.05) is 27.5 Å². The molecule has 2 rings (SSSR count). The highest BCUT2D eigenvalue weighted by atomic mass is 79.9. The summed E-state index contributed by atoms with van der Waals surface area (Å²) in [5, 5.41) is 3.93. The monoisotopic (exact) mass is 357 g/mol. The van der Waals surface area contributed by atoms with Crippen molar-refractivity contribution in [3.05, 3.63) is 34.1 Å². The van der Waals surface area contributed by atoms with Crippen LogP contribution in [0.1, 0.15) is 31.7 Å². The molecule has 1 aromatic rings. The Morgan fingerprint density at radius 2 is 2.33 bits per heavy atom. The quantitative estimate of drug-likeness (QED) is 0.499. The molecule has 1 heterocycles. The smallest absolute Gasteiger partial charge is 0.153 e. The fraction of sp³-hybridized carbons (Fsp3) is 0.533. The third kappa shape index (κ3) is 4.97. The molecule has 0 aromatic heterocycles. The summed E-state index contributed by atoms with van der Waals surface area (Å²) in [5.41, 5.74) is 6.60. The lowest BCUT2D eigenvalue weighted by atomic mass is 10.0. The van der Waals surface area contributed by atoms with Crippen LogP contribution in [0.2, 0.25) is 0 Å². The molecule has 21 heavy (non-hydrogen) atoms. The zero-order valence-corrected chi connectivity index (χ0v) is 13.8. The summed E-state index contributed by atoms with van der Waals surface area (Å²) in [6, 6.07) is 4.99. The molecule has 1 aliphatic rings. The first-order valence-electron chi connectivity index (χ1n) is 7.18.